The van der Waals surface area contributed by atoms with Gasteiger partial charge in [-0.1, -0.05) is 36.6 Å². The highest BCUT2D eigenvalue weighted by Gasteiger charge is 2.63. The average Bonchev–Trinajstić information content (AvgIpc) is 3.17. The van der Waals surface area contributed by atoms with Crippen LogP contribution in [0.1, 0.15) is 70.8 Å². The lowest BCUT2D eigenvalue weighted by molar-refractivity contribution is -0.125. The Labute approximate surface area is 225 Å². The van der Waals surface area contributed by atoms with Crippen molar-refractivity contribution in [1.82, 2.24) is 5.32 Å². The van der Waals surface area contributed by atoms with E-state index in [1.807, 2.05) is 0 Å². The summed E-state index contributed by atoms with van der Waals surface area (Å²) in [5.41, 5.74) is 2.15. The molecule has 0 heterocycles. The number of fused-ring (bicyclic) bond motifs is 5. The van der Waals surface area contributed by atoms with Gasteiger partial charge in [0, 0.05) is 12.0 Å². The average molecular weight is 521 g/mol. The number of hydrogen-bond donors (Lipinski definition) is 4. The molecule has 7 heteroatoms. The third kappa shape index (κ3) is 4.47. The summed E-state index contributed by atoms with van der Waals surface area (Å²) in [5.74, 6) is 3.87. The Hall–Kier alpha value is -2.98. The van der Waals surface area contributed by atoms with E-state index in [1.54, 1.807) is 6.07 Å². The lowest BCUT2D eigenvalue weighted by Crippen LogP contribution is -2.54. The van der Waals surface area contributed by atoms with Crippen molar-refractivity contribution >= 4 is 11.6 Å². The van der Waals surface area contributed by atoms with Crippen LogP contribution in [0.15, 0.2) is 35.0 Å². The molecule has 204 valence electrons. The molecule has 0 aromatic heterocycles. The van der Waals surface area contributed by atoms with Crippen molar-refractivity contribution in [1.29, 1.82) is 0 Å². The molecule has 3 fully saturated rings. The van der Waals surface area contributed by atoms with E-state index in [9.17, 15) is 20.1 Å². The van der Waals surface area contributed by atoms with Crippen molar-refractivity contribution < 1.29 is 25.0 Å². The summed E-state index contributed by atoms with van der Waals surface area (Å²) in [4.78, 5) is 17.6. The van der Waals surface area contributed by atoms with Crippen LogP contribution in [0.2, 0.25) is 0 Å². The Kier molecular flexibility index (Phi) is 6.98. The van der Waals surface area contributed by atoms with E-state index < -0.39 is 5.60 Å². The molecule has 4 N–H and O–H groups in total. The number of carbonyl (C=O) groups is 1. The van der Waals surface area contributed by atoms with Gasteiger partial charge in [-0.2, -0.15) is 0 Å². The van der Waals surface area contributed by atoms with E-state index in [1.165, 1.54) is 17.7 Å². The van der Waals surface area contributed by atoms with Crippen LogP contribution in [0.25, 0.3) is 0 Å². The quantitative estimate of drug-likeness (QED) is 0.252. The summed E-state index contributed by atoms with van der Waals surface area (Å²) in [5, 5.41) is 37.2. The van der Waals surface area contributed by atoms with Gasteiger partial charge in [-0.3, -0.25) is 4.79 Å². The number of phenolic OH excluding ortho intramolecular Hbond substituents is 2. The zero-order valence-electron chi connectivity index (χ0n) is 22.5. The number of hydrogen-bond acceptors (Lipinski definition) is 6. The van der Waals surface area contributed by atoms with Crippen LogP contribution in [0.4, 0.5) is 0 Å². The Morgan fingerprint density at radius 3 is 2.68 bits per heavy atom. The number of rotatable bonds is 6. The van der Waals surface area contributed by atoms with Crippen molar-refractivity contribution in [2.24, 2.45) is 33.7 Å². The van der Waals surface area contributed by atoms with Gasteiger partial charge in [-0.05, 0) is 105 Å². The van der Waals surface area contributed by atoms with Gasteiger partial charge in [0.1, 0.15) is 5.60 Å². The van der Waals surface area contributed by atoms with Crippen molar-refractivity contribution in [3.8, 4) is 23.8 Å². The van der Waals surface area contributed by atoms with Crippen LogP contribution in [-0.4, -0.2) is 45.7 Å². The first-order valence-corrected chi connectivity index (χ1v) is 14.0. The third-order valence-corrected chi connectivity index (χ3v) is 10.5. The summed E-state index contributed by atoms with van der Waals surface area (Å²) < 4.78 is 0. The molecule has 0 spiro atoms. The molecule has 5 rings (SSSR count). The first kappa shape index (κ1) is 26.6. The maximum atomic E-state index is 12.2. The van der Waals surface area contributed by atoms with Crippen LogP contribution < -0.4 is 5.32 Å². The molecule has 1 aromatic rings. The molecule has 1 aromatic carbocycles. The molecule has 0 bridgehead atoms. The van der Waals surface area contributed by atoms with Gasteiger partial charge in [-0.15, -0.1) is 6.42 Å². The molecule has 7 nitrogen and oxygen atoms in total. The molecule has 3 saturated carbocycles. The van der Waals surface area contributed by atoms with E-state index in [0.717, 1.165) is 62.6 Å². The lowest BCUT2D eigenvalue weighted by atomic mass is 9.46. The van der Waals surface area contributed by atoms with Crippen molar-refractivity contribution in [3.05, 3.63) is 35.4 Å². The lowest BCUT2D eigenvalue weighted by Gasteiger charge is -2.58. The van der Waals surface area contributed by atoms with Gasteiger partial charge in [0.2, 0.25) is 0 Å². The molecule has 0 unspecified atom stereocenters. The van der Waals surface area contributed by atoms with E-state index in [4.69, 9.17) is 11.3 Å². The number of amides is 1. The number of allylic oxidation sites excluding steroid dienone is 2. The summed E-state index contributed by atoms with van der Waals surface area (Å²) in [6.07, 6.45) is 16.4. The molecular formula is C31H40N2O5. The number of nitrogens with zero attached hydrogens (tertiary/aromatic N) is 1. The van der Waals surface area contributed by atoms with E-state index in [0.29, 0.717) is 30.7 Å². The molecule has 38 heavy (non-hydrogen) atoms. The fourth-order valence-corrected chi connectivity index (χ4v) is 8.19. The zero-order valence-corrected chi connectivity index (χ0v) is 22.5. The second-order valence-corrected chi connectivity index (χ2v) is 12.3. The smallest absolute Gasteiger partial charge is 0.260 e. The number of oxime groups is 1. The summed E-state index contributed by atoms with van der Waals surface area (Å²) in [6.45, 7) is 4.89. The molecule has 0 saturated heterocycles. The predicted molar refractivity (Wildman–Crippen MR) is 145 cm³/mol. The Morgan fingerprint density at radius 2 is 1.92 bits per heavy atom. The number of aromatic hydroxyl groups is 2. The van der Waals surface area contributed by atoms with Crippen molar-refractivity contribution in [3.63, 3.8) is 0 Å². The van der Waals surface area contributed by atoms with Crippen molar-refractivity contribution in [2.75, 3.05) is 13.2 Å². The minimum Gasteiger partial charge on any atom is -0.504 e. The standard InChI is InChI=1S/C31H40N2O5/c1-4-31(37)15-11-25-23-7-6-21-18-22(9-13-29(21,2)24(23)10-14-30(25,31)3)33-38-19-28(36)32-16-12-20-5-8-26(34)27(35)17-20/h1,5,8,17-18,23-25,34-35,37H,6-7,9-16,19H2,2-3H3,(H,32,36)/b33-22-/t23-,24+,25+,29+,30+,31-/m1/s1. The molecule has 6 atom stereocenters. The van der Waals surface area contributed by atoms with Crippen LogP contribution in [0.5, 0.6) is 11.5 Å². The van der Waals surface area contributed by atoms with Crippen LogP contribution in [-0.2, 0) is 16.1 Å². The monoisotopic (exact) mass is 520 g/mol. The predicted octanol–water partition coefficient (Wildman–Crippen LogP) is 4.46. The van der Waals surface area contributed by atoms with E-state index >= 15 is 0 Å². The van der Waals surface area contributed by atoms with Crippen LogP contribution >= 0.6 is 0 Å². The molecular weight excluding hydrogens is 480 g/mol. The molecule has 0 radical (unpaired) electrons. The largest absolute Gasteiger partial charge is 0.504 e. The van der Waals surface area contributed by atoms with Gasteiger partial charge in [0.05, 0.1) is 5.71 Å². The highest BCUT2D eigenvalue weighted by Crippen LogP contribution is 2.67. The highest BCUT2D eigenvalue weighted by atomic mass is 16.6. The Bertz CT molecular complexity index is 1200. The van der Waals surface area contributed by atoms with Crippen LogP contribution in [0.3, 0.4) is 0 Å². The number of aliphatic hydroxyl groups is 1. The Balaban J connectivity index is 1.15. The summed E-state index contributed by atoms with van der Waals surface area (Å²) >= 11 is 0. The Morgan fingerprint density at radius 1 is 1.13 bits per heavy atom. The van der Waals surface area contributed by atoms with Crippen LogP contribution in [0, 0.1) is 40.9 Å². The minimum absolute atomic E-state index is 0.139. The van der Waals surface area contributed by atoms with E-state index in [2.05, 4.69) is 36.3 Å². The second-order valence-electron chi connectivity index (χ2n) is 12.3. The van der Waals surface area contributed by atoms with Gasteiger partial charge in [-0.25, -0.2) is 0 Å². The number of terminal acetylenes is 1. The zero-order chi connectivity index (χ0) is 27.1. The molecule has 0 aliphatic heterocycles. The third-order valence-electron chi connectivity index (χ3n) is 10.5. The number of carbonyl (C=O) groups excluding carboxylic acids is 1. The highest BCUT2D eigenvalue weighted by molar-refractivity contribution is 5.96. The SMILES string of the molecule is C#C[C@@]1(O)CC[C@H]2[C@@H]3CCC4=C/C(=N\OCC(=O)NCCc5ccc(O)c(O)c5)CC[C@]4(C)[C@H]3CC[C@@]21C. The number of benzene rings is 1. The molecule has 1 amide bonds. The first-order valence-electron chi connectivity index (χ1n) is 14.0. The maximum Gasteiger partial charge on any atom is 0.260 e. The number of phenols is 2. The molecule has 4 aliphatic carbocycles. The van der Waals surface area contributed by atoms with Gasteiger partial charge in [0.25, 0.3) is 5.91 Å². The van der Waals surface area contributed by atoms with Gasteiger partial charge in [0.15, 0.2) is 18.1 Å². The second kappa shape index (κ2) is 9.96. The summed E-state index contributed by atoms with van der Waals surface area (Å²) in [6, 6.07) is 4.62. The normalized spacial score (nSPS) is 36.8. The topological polar surface area (TPSA) is 111 Å². The fraction of sp³-hybridized carbons (Fsp3) is 0.613. The van der Waals surface area contributed by atoms with Crippen molar-refractivity contribution in [2.45, 2.75) is 77.2 Å². The molecule has 4 aliphatic rings. The fourth-order valence-electron chi connectivity index (χ4n) is 8.19. The first-order chi connectivity index (χ1) is 18.1. The number of nitrogens with one attached hydrogen (secondary N) is 1. The maximum absolute atomic E-state index is 12.2. The van der Waals surface area contributed by atoms with E-state index in [-0.39, 0.29) is 34.8 Å². The van der Waals surface area contributed by atoms with Gasteiger partial charge >= 0.3 is 0 Å². The minimum atomic E-state index is -0.968. The summed E-state index contributed by atoms with van der Waals surface area (Å²) in [7, 11) is 0. The van der Waals surface area contributed by atoms with Gasteiger partial charge < -0.3 is 25.5 Å².